The van der Waals surface area contributed by atoms with Crippen LogP contribution in [0.1, 0.15) is 11.1 Å². The Morgan fingerprint density at radius 2 is 1.95 bits per heavy atom. The van der Waals surface area contributed by atoms with E-state index in [0.717, 1.165) is 11.3 Å². The number of aliphatic hydroxyl groups is 1. The SMILES string of the molecule is COc1ccc(Cn2cc(C(O)=CC(=O)C(=O)O)cn2)cc1. The highest BCUT2D eigenvalue weighted by Gasteiger charge is 2.11. The van der Waals surface area contributed by atoms with Gasteiger partial charge >= 0.3 is 5.97 Å². The van der Waals surface area contributed by atoms with E-state index in [1.165, 1.54) is 12.4 Å². The van der Waals surface area contributed by atoms with Gasteiger partial charge in [0.2, 0.25) is 0 Å². The van der Waals surface area contributed by atoms with Crippen molar-refractivity contribution in [3.8, 4) is 5.75 Å². The van der Waals surface area contributed by atoms with Crippen LogP contribution in [-0.2, 0) is 16.1 Å². The number of carbonyl (C=O) groups excluding carboxylic acids is 1. The number of hydrogen-bond acceptors (Lipinski definition) is 5. The third-order valence-electron chi connectivity index (χ3n) is 2.91. The van der Waals surface area contributed by atoms with Crippen LogP contribution < -0.4 is 4.74 Å². The number of aliphatic hydroxyl groups excluding tert-OH is 1. The van der Waals surface area contributed by atoms with Crippen LogP contribution in [0.2, 0.25) is 0 Å². The topological polar surface area (TPSA) is 102 Å². The number of carboxylic acid groups (broad SMARTS) is 1. The summed E-state index contributed by atoms with van der Waals surface area (Å²) in [5.74, 6) is -2.51. The minimum atomic E-state index is -1.63. The van der Waals surface area contributed by atoms with Crippen molar-refractivity contribution in [2.75, 3.05) is 7.11 Å². The maximum atomic E-state index is 11.0. The lowest BCUT2D eigenvalue weighted by Gasteiger charge is -2.03. The minimum absolute atomic E-state index is 0.267. The van der Waals surface area contributed by atoms with Crippen molar-refractivity contribution < 1.29 is 24.5 Å². The van der Waals surface area contributed by atoms with E-state index in [1.807, 2.05) is 24.3 Å². The van der Waals surface area contributed by atoms with Crippen LogP contribution in [0.4, 0.5) is 0 Å². The van der Waals surface area contributed by atoms with E-state index in [-0.39, 0.29) is 5.56 Å². The van der Waals surface area contributed by atoms with E-state index in [0.29, 0.717) is 12.6 Å². The quantitative estimate of drug-likeness (QED) is 0.476. The zero-order chi connectivity index (χ0) is 16.1. The van der Waals surface area contributed by atoms with Gasteiger partial charge in [-0.05, 0) is 17.7 Å². The molecule has 0 aliphatic heterocycles. The van der Waals surface area contributed by atoms with Crippen LogP contribution in [0, 0.1) is 0 Å². The van der Waals surface area contributed by atoms with Crippen molar-refractivity contribution in [1.29, 1.82) is 0 Å². The third-order valence-corrected chi connectivity index (χ3v) is 2.91. The number of aromatic nitrogens is 2. The zero-order valence-electron chi connectivity index (χ0n) is 11.8. The molecule has 0 fully saturated rings. The number of methoxy groups -OCH3 is 1. The van der Waals surface area contributed by atoms with Crippen LogP contribution in [0.15, 0.2) is 42.7 Å². The summed E-state index contributed by atoms with van der Waals surface area (Å²) >= 11 is 0. The number of ether oxygens (including phenoxy) is 1. The molecule has 7 heteroatoms. The van der Waals surface area contributed by atoms with Gasteiger partial charge in [0.05, 0.1) is 25.4 Å². The van der Waals surface area contributed by atoms with Gasteiger partial charge in [-0.3, -0.25) is 9.48 Å². The van der Waals surface area contributed by atoms with Gasteiger partial charge in [-0.1, -0.05) is 12.1 Å². The molecule has 0 unspecified atom stereocenters. The van der Waals surface area contributed by atoms with Gasteiger partial charge in [0.1, 0.15) is 11.5 Å². The Hall–Kier alpha value is -3.09. The lowest BCUT2D eigenvalue weighted by Crippen LogP contribution is -2.09. The van der Waals surface area contributed by atoms with Crippen LogP contribution >= 0.6 is 0 Å². The summed E-state index contributed by atoms with van der Waals surface area (Å²) in [5.41, 5.74) is 1.24. The molecule has 0 aliphatic rings. The number of carboxylic acids is 1. The van der Waals surface area contributed by atoms with Gasteiger partial charge in [-0.2, -0.15) is 5.10 Å². The third kappa shape index (κ3) is 3.72. The minimum Gasteiger partial charge on any atom is -0.507 e. The van der Waals surface area contributed by atoms with E-state index >= 15 is 0 Å². The number of rotatable bonds is 6. The fourth-order valence-corrected chi connectivity index (χ4v) is 1.77. The number of hydrogen-bond donors (Lipinski definition) is 2. The number of aliphatic carboxylic acids is 1. The zero-order valence-corrected chi connectivity index (χ0v) is 11.8. The summed E-state index contributed by atoms with van der Waals surface area (Å²) in [4.78, 5) is 21.4. The molecule has 2 rings (SSSR count). The molecule has 0 aliphatic carbocycles. The monoisotopic (exact) mass is 302 g/mol. The Balaban J connectivity index is 2.10. The molecule has 2 aromatic rings. The predicted molar refractivity (Wildman–Crippen MR) is 77.6 cm³/mol. The molecule has 0 amide bonds. The molecule has 114 valence electrons. The molecular weight excluding hydrogens is 288 g/mol. The van der Waals surface area contributed by atoms with E-state index in [2.05, 4.69) is 5.10 Å². The molecule has 0 radical (unpaired) electrons. The maximum absolute atomic E-state index is 11.0. The summed E-state index contributed by atoms with van der Waals surface area (Å²) in [7, 11) is 1.59. The normalized spacial score (nSPS) is 11.2. The first-order chi connectivity index (χ1) is 10.5. The molecule has 0 bridgehead atoms. The Kier molecular flexibility index (Phi) is 4.57. The van der Waals surface area contributed by atoms with Gasteiger partial charge in [0.15, 0.2) is 0 Å². The second-order valence-electron chi connectivity index (χ2n) is 4.47. The Bertz CT molecular complexity index is 716. The molecule has 1 aromatic carbocycles. The maximum Gasteiger partial charge on any atom is 0.376 e. The van der Waals surface area contributed by atoms with Crippen molar-refractivity contribution >= 4 is 17.5 Å². The Morgan fingerprint density at radius 1 is 1.27 bits per heavy atom. The first-order valence-corrected chi connectivity index (χ1v) is 6.33. The smallest absolute Gasteiger partial charge is 0.376 e. The van der Waals surface area contributed by atoms with Crippen LogP contribution in [0.3, 0.4) is 0 Å². The molecule has 1 aromatic heterocycles. The number of nitrogens with zero attached hydrogens (tertiary/aromatic N) is 2. The van der Waals surface area contributed by atoms with Crippen LogP contribution in [0.5, 0.6) is 5.75 Å². The fraction of sp³-hybridized carbons (Fsp3) is 0.133. The van der Waals surface area contributed by atoms with Crippen molar-refractivity contribution in [1.82, 2.24) is 9.78 Å². The summed E-state index contributed by atoms with van der Waals surface area (Å²) in [6.07, 6.45) is 3.52. The van der Waals surface area contributed by atoms with Gasteiger partial charge in [-0.25, -0.2) is 4.79 Å². The second kappa shape index (κ2) is 6.57. The number of carbonyl (C=O) groups is 2. The first kappa shape index (κ1) is 15.3. The summed E-state index contributed by atoms with van der Waals surface area (Å²) in [6.45, 7) is 0.462. The standard InChI is InChI=1S/C15H14N2O5/c1-22-12-4-2-10(3-5-12)8-17-9-11(7-16-17)13(18)6-14(19)15(20)21/h2-7,9,18H,8H2,1H3,(H,20,21). The molecule has 2 N–H and O–H groups in total. The van der Waals surface area contributed by atoms with Gasteiger partial charge in [0, 0.05) is 12.3 Å². The average Bonchev–Trinajstić information content (AvgIpc) is 2.96. The van der Waals surface area contributed by atoms with Crippen molar-refractivity contribution in [3.05, 3.63) is 53.9 Å². The predicted octanol–water partition coefficient (Wildman–Crippen LogP) is 1.49. The van der Waals surface area contributed by atoms with E-state index in [4.69, 9.17) is 9.84 Å². The van der Waals surface area contributed by atoms with Gasteiger partial charge < -0.3 is 14.9 Å². The lowest BCUT2D eigenvalue weighted by molar-refractivity contribution is -0.146. The molecule has 22 heavy (non-hydrogen) atoms. The van der Waals surface area contributed by atoms with E-state index in [1.54, 1.807) is 11.8 Å². The van der Waals surface area contributed by atoms with Crippen LogP contribution in [0.25, 0.3) is 5.76 Å². The molecule has 0 atom stereocenters. The van der Waals surface area contributed by atoms with Crippen molar-refractivity contribution in [3.63, 3.8) is 0 Å². The largest absolute Gasteiger partial charge is 0.507 e. The summed E-state index contributed by atoms with van der Waals surface area (Å²) in [6, 6.07) is 7.40. The number of ketones is 1. The highest BCUT2D eigenvalue weighted by atomic mass is 16.5. The lowest BCUT2D eigenvalue weighted by atomic mass is 10.2. The van der Waals surface area contributed by atoms with Crippen molar-refractivity contribution in [2.24, 2.45) is 0 Å². The van der Waals surface area contributed by atoms with E-state index < -0.39 is 17.5 Å². The second-order valence-corrected chi connectivity index (χ2v) is 4.47. The highest BCUT2D eigenvalue weighted by Crippen LogP contribution is 2.14. The average molecular weight is 302 g/mol. The van der Waals surface area contributed by atoms with Gasteiger partial charge in [-0.15, -0.1) is 0 Å². The van der Waals surface area contributed by atoms with Crippen molar-refractivity contribution in [2.45, 2.75) is 6.54 Å². The molecule has 1 heterocycles. The summed E-state index contributed by atoms with van der Waals surface area (Å²) < 4.78 is 6.63. The fourth-order valence-electron chi connectivity index (χ4n) is 1.77. The molecule has 0 saturated heterocycles. The molecule has 7 nitrogen and oxygen atoms in total. The molecule has 0 spiro atoms. The molecular formula is C15H14N2O5. The Morgan fingerprint density at radius 3 is 2.55 bits per heavy atom. The Labute approximate surface area is 126 Å². The molecule has 0 saturated carbocycles. The first-order valence-electron chi connectivity index (χ1n) is 6.33. The van der Waals surface area contributed by atoms with Crippen LogP contribution in [-0.4, -0.2) is 38.9 Å². The number of benzene rings is 1. The highest BCUT2D eigenvalue weighted by molar-refractivity contribution is 6.38. The summed E-state index contributed by atoms with van der Waals surface area (Å²) in [5, 5.41) is 22.2. The van der Waals surface area contributed by atoms with Gasteiger partial charge in [0.25, 0.3) is 5.78 Å². The van der Waals surface area contributed by atoms with E-state index in [9.17, 15) is 14.7 Å².